The molecule has 1 saturated heterocycles. The molecule has 104 valence electrons. The van der Waals surface area contributed by atoms with Crippen LogP contribution in [0.4, 0.5) is 4.39 Å². The van der Waals surface area contributed by atoms with Gasteiger partial charge in [-0.15, -0.1) is 0 Å². The largest absolute Gasteiger partial charge is 0.340 e. The van der Waals surface area contributed by atoms with Crippen LogP contribution in [0, 0.1) is 5.82 Å². The van der Waals surface area contributed by atoms with Gasteiger partial charge in [-0.25, -0.2) is 4.39 Å². The molecule has 1 aromatic rings. The molecule has 1 unspecified atom stereocenters. The van der Waals surface area contributed by atoms with Gasteiger partial charge in [-0.1, -0.05) is 34.1 Å². The molecule has 1 aliphatic rings. The van der Waals surface area contributed by atoms with Gasteiger partial charge in [0.2, 0.25) is 5.91 Å². The van der Waals surface area contributed by atoms with E-state index in [2.05, 4.69) is 21.2 Å². The Morgan fingerprint density at radius 1 is 1.37 bits per heavy atom. The predicted molar refractivity (Wildman–Crippen MR) is 76.9 cm³/mol. The summed E-state index contributed by atoms with van der Waals surface area (Å²) in [6.45, 7) is 3.26. The van der Waals surface area contributed by atoms with E-state index in [9.17, 15) is 9.18 Å². The number of hydrogen-bond donors (Lipinski definition) is 1. The molecule has 1 heterocycles. The van der Waals surface area contributed by atoms with Crippen LogP contribution >= 0.6 is 15.9 Å². The molecule has 1 amide bonds. The van der Waals surface area contributed by atoms with Crippen LogP contribution in [-0.4, -0.2) is 41.8 Å². The number of carbonyl (C=O) groups excluding carboxylic acids is 1. The van der Waals surface area contributed by atoms with E-state index in [-0.39, 0.29) is 16.6 Å². The first-order valence-electron chi connectivity index (χ1n) is 6.55. The molecule has 1 atom stereocenters. The maximum absolute atomic E-state index is 13.6. The lowest BCUT2D eigenvalue weighted by Crippen LogP contribution is -2.39. The lowest BCUT2D eigenvalue weighted by atomic mass is 10.1. The lowest BCUT2D eigenvalue weighted by Gasteiger charge is -2.23. The second-order valence-electron chi connectivity index (χ2n) is 4.69. The molecule has 0 aromatic heterocycles. The molecule has 1 N–H and O–H groups in total. The van der Waals surface area contributed by atoms with Gasteiger partial charge >= 0.3 is 0 Å². The Balaban J connectivity index is 1.97. The normalized spacial score (nSPS) is 17.9. The van der Waals surface area contributed by atoms with E-state index in [0.29, 0.717) is 12.0 Å². The zero-order valence-electron chi connectivity index (χ0n) is 10.7. The predicted octanol–water partition coefficient (Wildman–Crippen LogP) is 1.95. The monoisotopic (exact) mass is 328 g/mol. The van der Waals surface area contributed by atoms with E-state index in [4.69, 9.17) is 0 Å². The third kappa shape index (κ3) is 4.01. The Kier molecular flexibility index (Phi) is 5.34. The first-order chi connectivity index (χ1) is 9.18. The third-order valence-corrected chi connectivity index (χ3v) is 3.99. The standard InChI is InChI=1S/C14H18BrFN2O/c15-12(10-11-4-1-2-5-13(11)16)14(19)18-8-3-6-17-7-9-18/h1-2,4-5,12,17H,3,6-10H2. The van der Waals surface area contributed by atoms with Crippen LogP contribution in [0.3, 0.4) is 0 Å². The van der Waals surface area contributed by atoms with Gasteiger partial charge in [0.05, 0.1) is 4.83 Å². The second kappa shape index (κ2) is 7.01. The van der Waals surface area contributed by atoms with E-state index in [1.807, 2.05) is 4.90 Å². The Hall–Kier alpha value is -0.940. The molecule has 2 rings (SSSR count). The van der Waals surface area contributed by atoms with Gasteiger partial charge in [-0.05, 0) is 31.0 Å². The van der Waals surface area contributed by atoms with Crippen molar-refractivity contribution in [2.45, 2.75) is 17.7 Å². The van der Waals surface area contributed by atoms with Crippen LogP contribution in [0.15, 0.2) is 24.3 Å². The van der Waals surface area contributed by atoms with Crippen molar-refractivity contribution in [2.75, 3.05) is 26.2 Å². The lowest BCUT2D eigenvalue weighted by molar-refractivity contribution is -0.130. The maximum atomic E-state index is 13.6. The number of amides is 1. The van der Waals surface area contributed by atoms with Gasteiger partial charge in [-0.2, -0.15) is 0 Å². The second-order valence-corrected chi connectivity index (χ2v) is 5.80. The highest BCUT2D eigenvalue weighted by Crippen LogP contribution is 2.16. The van der Waals surface area contributed by atoms with E-state index >= 15 is 0 Å². The number of nitrogens with zero attached hydrogens (tertiary/aromatic N) is 1. The van der Waals surface area contributed by atoms with E-state index < -0.39 is 0 Å². The summed E-state index contributed by atoms with van der Waals surface area (Å²) < 4.78 is 13.6. The summed E-state index contributed by atoms with van der Waals surface area (Å²) in [6.07, 6.45) is 1.35. The molecule has 0 radical (unpaired) electrons. The van der Waals surface area contributed by atoms with Crippen LogP contribution in [-0.2, 0) is 11.2 Å². The summed E-state index contributed by atoms with van der Waals surface area (Å²) in [4.78, 5) is 13.8. The fraction of sp³-hybridized carbons (Fsp3) is 0.500. The fourth-order valence-electron chi connectivity index (χ4n) is 2.21. The summed E-state index contributed by atoms with van der Waals surface area (Å²) >= 11 is 3.40. The van der Waals surface area contributed by atoms with Crippen molar-refractivity contribution < 1.29 is 9.18 Å². The van der Waals surface area contributed by atoms with Crippen molar-refractivity contribution >= 4 is 21.8 Å². The topological polar surface area (TPSA) is 32.3 Å². The van der Waals surface area contributed by atoms with Crippen molar-refractivity contribution in [3.8, 4) is 0 Å². The van der Waals surface area contributed by atoms with Gasteiger partial charge in [0.1, 0.15) is 5.82 Å². The number of halogens is 2. The van der Waals surface area contributed by atoms with Crippen LogP contribution in [0.2, 0.25) is 0 Å². The zero-order chi connectivity index (χ0) is 13.7. The summed E-state index contributed by atoms with van der Waals surface area (Å²) in [5.41, 5.74) is 0.575. The average Bonchev–Trinajstić information content (AvgIpc) is 2.69. The highest BCUT2D eigenvalue weighted by molar-refractivity contribution is 9.10. The molecule has 0 spiro atoms. The molecule has 1 aromatic carbocycles. The number of alkyl halides is 1. The Morgan fingerprint density at radius 2 is 2.16 bits per heavy atom. The van der Waals surface area contributed by atoms with Gasteiger partial charge in [-0.3, -0.25) is 4.79 Å². The van der Waals surface area contributed by atoms with E-state index in [1.165, 1.54) is 6.07 Å². The van der Waals surface area contributed by atoms with Gasteiger partial charge in [0.15, 0.2) is 0 Å². The first kappa shape index (κ1) is 14.5. The Morgan fingerprint density at radius 3 is 2.95 bits per heavy atom. The minimum absolute atomic E-state index is 0.0481. The molecule has 0 saturated carbocycles. The fourth-order valence-corrected chi connectivity index (χ4v) is 2.85. The molecule has 19 heavy (non-hydrogen) atoms. The summed E-state index contributed by atoms with van der Waals surface area (Å²) in [5.74, 6) is -0.204. The highest BCUT2D eigenvalue weighted by atomic mass is 79.9. The molecular formula is C14H18BrFN2O. The maximum Gasteiger partial charge on any atom is 0.236 e. The summed E-state index contributed by atoms with van der Waals surface area (Å²) in [5, 5.41) is 3.26. The molecule has 5 heteroatoms. The van der Waals surface area contributed by atoms with E-state index in [1.54, 1.807) is 18.2 Å². The van der Waals surface area contributed by atoms with Crippen molar-refractivity contribution in [1.29, 1.82) is 0 Å². The van der Waals surface area contributed by atoms with Crippen LogP contribution in [0.25, 0.3) is 0 Å². The molecule has 0 bridgehead atoms. The Labute approximate surface area is 121 Å². The molecule has 3 nitrogen and oxygen atoms in total. The smallest absolute Gasteiger partial charge is 0.236 e. The summed E-state index contributed by atoms with van der Waals surface area (Å²) in [6, 6.07) is 6.60. The van der Waals surface area contributed by atoms with Gasteiger partial charge in [0.25, 0.3) is 0 Å². The molecule has 1 aliphatic heterocycles. The minimum Gasteiger partial charge on any atom is -0.340 e. The highest BCUT2D eigenvalue weighted by Gasteiger charge is 2.23. The number of benzene rings is 1. The molecular weight excluding hydrogens is 311 g/mol. The Bertz CT molecular complexity index is 433. The van der Waals surface area contributed by atoms with Gasteiger partial charge in [0, 0.05) is 19.6 Å². The van der Waals surface area contributed by atoms with Crippen molar-refractivity contribution in [2.24, 2.45) is 0 Å². The number of rotatable bonds is 3. The van der Waals surface area contributed by atoms with Crippen LogP contribution < -0.4 is 5.32 Å². The van der Waals surface area contributed by atoms with Gasteiger partial charge < -0.3 is 10.2 Å². The quantitative estimate of drug-likeness (QED) is 0.860. The van der Waals surface area contributed by atoms with Crippen molar-refractivity contribution in [3.05, 3.63) is 35.6 Å². The SMILES string of the molecule is O=C(C(Br)Cc1ccccc1F)N1CCCNCC1. The van der Waals surface area contributed by atoms with Crippen LogP contribution in [0.1, 0.15) is 12.0 Å². The first-order valence-corrected chi connectivity index (χ1v) is 7.47. The van der Waals surface area contributed by atoms with Crippen LogP contribution in [0.5, 0.6) is 0 Å². The van der Waals surface area contributed by atoms with Crippen molar-refractivity contribution in [3.63, 3.8) is 0 Å². The minimum atomic E-state index is -0.359. The van der Waals surface area contributed by atoms with Crippen molar-refractivity contribution in [1.82, 2.24) is 10.2 Å². The summed E-state index contributed by atoms with van der Waals surface area (Å²) in [7, 11) is 0. The average molecular weight is 329 g/mol. The number of hydrogen-bond acceptors (Lipinski definition) is 2. The number of carbonyl (C=O) groups is 1. The van der Waals surface area contributed by atoms with E-state index in [0.717, 1.165) is 32.6 Å². The zero-order valence-corrected chi connectivity index (χ0v) is 12.3. The number of nitrogens with one attached hydrogen (secondary N) is 1. The molecule has 1 fully saturated rings. The molecule has 0 aliphatic carbocycles. The third-order valence-electron chi connectivity index (χ3n) is 3.28.